The van der Waals surface area contributed by atoms with Gasteiger partial charge in [0, 0.05) is 42.8 Å². The van der Waals surface area contributed by atoms with Crippen LogP contribution < -0.4 is 14.5 Å². The largest absolute Gasteiger partial charge is 0.454 e. The molecule has 258 valence electrons. The van der Waals surface area contributed by atoms with Crippen LogP contribution in [0.2, 0.25) is 18.6 Å². The number of benzene rings is 4. The molecule has 0 aliphatic carbocycles. The number of carbonyl (C=O) groups is 3. The lowest BCUT2D eigenvalue weighted by molar-refractivity contribution is -0.149. The minimum Gasteiger partial charge on any atom is -0.454 e. The van der Waals surface area contributed by atoms with E-state index in [1.807, 2.05) is 55.5 Å². The molecule has 1 fully saturated rings. The van der Waals surface area contributed by atoms with Crippen LogP contribution in [0, 0.1) is 5.92 Å². The van der Waals surface area contributed by atoms with Crippen LogP contribution >= 0.6 is 0 Å². The van der Waals surface area contributed by atoms with E-state index in [4.69, 9.17) is 9.47 Å². The van der Waals surface area contributed by atoms with Gasteiger partial charge in [0.15, 0.2) is 11.4 Å². The fraction of sp³-hybridized carbons (Fsp3) is 0.308. The SMILES string of the molecule is C[C@H]1[C@H]([Si](C)(C)F)[C@@H](CC(=O)N(CCO)Cc2ccccc2)O[C@]12C(=O)N(C)c1ccc(N3C(=O)c4ccccc4Oc4ccccc43)cc12. The van der Waals surface area contributed by atoms with Gasteiger partial charge in [0.05, 0.1) is 36.1 Å². The van der Waals surface area contributed by atoms with Crippen molar-refractivity contribution < 1.29 is 33.1 Å². The Morgan fingerprint density at radius 1 is 0.940 bits per heavy atom. The van der Waals surface area contributed by atoms with Gasteiger partial charge in [-0.15, -0.1) is 0 Å². The predicted octanol–water partition coefficient (Wildman–Crippen LogP) is 6.93. The van der Waals surface area contributed by atoms with Crippen molar-refractivity contribution in [1.29, 1.82) is 0 Å². The highest BCUT2D eigenvalue weighted by Crippen LogP contribution is 2.60. The lowest BCUT2D eigenvalue weighted by atomic mass is 9.82. The average Bonchev–Trinajstić information content (AvgIpc) is 3.45. The van der Waals surface area contributed by atoms with Crippen molar-refractivity contribution in [2.45, 2.75) is 50.2 Å². The molecule has 3 amide bonds. The van der Waals surface area contributed by atoms with Gasteiger partial charge < -0.3 is 28.5 Å². The van der Waals surface area contributed by atoms with E-state index in [1.54, 1.807) is 78.5 Å². The monoisotopic (exact) mass is 693 g/mol. The molecule has 3 aliphatic heterocycles. The standard InChI is InChI=1S/C39H40FN3O6Si/c1-25-36(50(3,4)40)34(23-35(45)42(20-21-44)24-26-12-6-5-7-13-26)49-39(25)29-22-27(18-19-30(29)41(2)38(39)47)43-31-15-9-11-17-33(31)48-32-16-10-8-14-28(32)37(43)46/h5-19,22,25,34,36,44H,20-21,23-24H2,1-4H3/t25-,34+,36-,39+/m0/s1. The Morgan fingerprint density at radius 2 is 1.62 bits per heavy atom. The number of hydrogen-bond acceptors (Lipinski definition) is 6. The number of carbonyl (C=O) groups excluding carboxylic acids is 3. The molecule has 11 heteroatoms. The summed E-state index contributed by atoms with van der Waals surface area (Å²) < 4.78 is 29.5. The first kappa shape index (κ1) is 33.6. The second-order valence-electron chi connectivity index (χ2n) is 13.8. The van der Waals surface area contributed by atoms with Crippen LogP contribution in [-0.4, -0.2) is 62.4 Å². The molecular weight excluding hydrogens is 654 g/mol. The minimum atomic E-state index is -3.56. The third-order valence-electron chi connectivity index (χ3n) is 10.3. The first-order valence-electron chi connectivity index (χ1n) is 16.9. The van der Waals surface area contributed by atoms with E-state index in [-0.39, 0.29) is 43.8 Å². The van der Waals surface area contributed by atoms with Gasteiger partial charge in [0.2, 0.25) is 14.3 Å². The van der Waals surface area contributed by atoms with Crippen LogP contribution in [0.3, 0.4) is 0 Å². The molecule has 3 heterocycles. The number of amides is 3. The molecule has 7 rings (SSSR count). The quantitative estimate of drug-likeness (QED) is 0.159. The van der Waals surface area contributed by atoms with Gasteiger partial charge in [-0.3, -0.25) is 19.3 Å². The highest BCUT2D eigenvalue weighted by Gasteiger charge is 2.66. The molecule has 4 aromatic rings. The van der Waals surface area contributed by atoms with Gasteiger partial charge in [-0.2, -0.15) is 0 Å². The van der Waals surface area contributed by atoms with Gasteiger partial charge in [-0.05, 0) is 61.1 Å². The number of halogens is 1. The van der Waals surface area contributed by atoms with Crippen LogP contribution in [-0.2, 0) is 26.5 Å². The first-order valence-corrected chi connectivity index (χ1v) is 19.8. The number of anilines is 3. The summed E-state index contributed by atoms with van der Waals surface area (Å²) in [6.45, 7) is 5.17. The van der Waals surface area contributed by atoms with Crippen LogP contribution in [0.1, 0.15) is 34.8 Å². The summed E-state index contributed by atoms with van der Waals surface area (Å²) in [5, 5.41) is 9.81. The third-order valence-corrected chi connectivity index (χ3v) is 12.8. The van der Waals surface area contributed by atoms with Crippen molar-refractivity contribution in [3.05, 3.63) is 114 Å². The van der Waals surface area contributed by atoms with Crippen molar-refractivity contribution in [2.24, 2.45) is 5.92 Å². The van der Waals surface area contributed by atoms with Crippen molar-refractivity contribution in [3.63, 3.8) is 0 Å². The van der Waals surface area contributed by atoms with Gasteiger partial charge in [-0.25, -0.2) is 0 Å². The Hall–Kier alpha value is -4.84. The first-order chi connectivity index (χ1) is 24.0. The molecule has 1 saturated heterocycles. The molecular formula is C39H40FN3O6Si. The molecule has 0 aromatic heterocycles. The fourth-order valence-electron chi connectivity index (χ4n) is 8.06. The number of hydrogen-bond donors (Lipinski definition) is 1. The number of nitrogens with zero attached hydrogens (tertiary/aromatic N) is 3. The molecule has 4 aromatic carbocycles. The number of para-hydroxylation sites is 3. The van der Waals surface area contributed by atoms with Gasteiger partial charge in [0.1, 0.15) is 5.75 Å². The van der Waals surface area contributed by atoms with Crippen LogP contribution in [0.15, 0.2) is 97.1 Å². The maximum atomic E-state index is 16.5. The maximum Gasteiger partial charge on any atom is 0.266 e. The molecule has 9 nitrogen and oxygen atoms in total. The minimum absolute atomic E-state index is 0.105. The van der Waals surface area contributed by atoms with E-state index in [1.165, 1.54) is 4.90 Å². The Balaban J connectivity index is 1.30. The second kappa shape index (κ2) is 12.8. The fourth-order valence-corrected chi connectivity index (χ4v) is 10.6. The maximum absolute atomic E-state index is 16.5. The smallest absolute Gasteiger partial charge is 0.266 e. The zero-order valence-corrected chi connectivity index (χ0v) is 29.5. The number of fused-ring (bicyclic) bond motifs is 4. The highest BCUT2D eigenvalue weighted by molar-refractivity contribution is 6.72. The van der Waals surface area contributed by atoms with Crippen molar-refractivity contribution in [2.75, 3.05) is 30.0 Å². The molecule has 0 saturated carbocycles. The second-order valence-corrected chi connectivity index (χ2v) is 17.6. The van der Waals surface area contributed by atoms with E-state index >= 15 is 4.11 Å². The van der Waals surface area contributed by atoms with E-state index in [0.29, 0.717) is 39.7 Å². The molecule has 50 heavy (non-hydrogen) atoms. The van der Waals surface area contributed by atoms with Gasteiger partial charge in [0.25, 0.3) is 11.8 Å². The number of likely N-dealkylation sites (N-methyl/N-ethyl adjacent to an activating group) is 1. The predicted molar refractivity (Wildman–Crippen MR) is 191 cm³/mol. The van der Waals surface area contributed by atoms with Crippen molar-refractivity contribution in [3.8, 4) is 11.5 Å². The van der Waals surface area contributed by atoms with Crippen molar-refractivity contribution in [1.82, 2.24) is 4.90 Å². The average molecular weight is 694 g/mol. The third kappa shape index (κ3) is 5.49. The van der Waals surface area contributed by atoms with Gasteiger partial charge >= 0.3 is 0 Å². The molecule has 1 spiro atoms. The van der Waals surface area contributed by atoms with Crippen LogP contribution in [0.4, 0.5) is 21.2 Å². The lowest BCUT2D eigenvalue weighted by Gasteiger charge is -2.31. The highest BCUT2D eigenvalue weighted by atomic mass is 28.4. The van der Waals surface area contributed by atoms with Crippen LogP contribution in [0.25, 0.3) is 0 Å². The summed E-state index contributed by atoms with van der Waals surface area (Å²) in [6.07, 6.45) is -1.05. The summed E-state index contributed by atoms with van der Waals surface area (Å²) in [6, 6.07) is 29.1. The van der Waals surface area contributed by atoms with Crippen molar-refractivity contribution >= 4 is 43.2 Å². The normalized spacial score (nSPS) is 22.6. The summed E-state index contributed by atoms with van der Waals surface area (Å²) in [4.78, 5) is 47.2. The van der Waals surface area contributed by atoms with E-state index in [2.05, 4.69) is 0 Å². The van der Waals surface area contributed by atoms with E-state index in [0.717, 1.165) is 5.56 Å². The van der Waals surface area contributed by atoms with E-state index < -0.39 is 31.6 Å². The summed E-state index contributed by atoms with van der Waals surface area (Å²) >= 11 is 0. The number of aliphatic hydroxyl groups is 1. The molecule has 3 aliphatic rings. The van der Waals surface area contributed by atoms with E-state index in [9.17, 15) is 19.5 Å². The molecule has 4 atom stereocenters. The van der Waals surface area contributed by atoms with Gasteiger partial charge in [-0.1, -0.05) is 61.5 Å². The Morgan fingerprint density at radius 3 is 2.34 bits per heavy atom. The summed E-state index contributed by atoms with van der Waals surface area (Å²) in [7, 11) is -1.90. The molecule has 0 radical (unpaired) electrons. The number of aliphatic hydroxyl groups excluding tert-OH is 1. The number of ether oxygens (including phenoxy) is 2. The Labute approximate surface area is 292 Å². The summed E-state index contributed by atoms with van der Waals surface area (Å²) in [5.74, 6) is -0.650. The topological polar surface area (TPSA) is 99.6 Å². The lowest BCUT2D eigenvalue weighted by Crippen LogP contribution is -2.44. The van der Waals surface area contributed by atoms with Crippen LogP contribution in [0.5, 0.6) is 11.5 Å². The molecule has 0 bridgehead atoms. The number of rotatable bonds is 8. The molecule has 1 N–H and O–H groups in total. The zero-order chi connectivity index (χ0) is 35.4. The Bertz CT molecular complexity index is 1970. The molecule has 0 unspecified atom stereocenters. The zero-order valence-electron chi connectivity index (χ0n) is 28.5. The Kier molecular flexibility index (Phi) is 8.61. The summed E-state index contributed by atoms with van der Waals surface area (Å²) in [5.41, 5.74) is 1.12.